The van der Waals surface area contributed by atoms with Crippen LogP contribution in [0.15, 0.2) is 12.3 Å². The van der Waals surface area contributed by atoms with Crippen molar-refractivity contribution in [2.45, 2.75) is 6.92 Å². The molecule has 0 unspecified atom stereocenters. The van der Waals surface area contributed by atoms with Crippen LogP contribution in [0.5, 0.6) is 0 Å². The molecular weight excluding hydrogens is 222 g/mol. The van der Waals surface area contributed by atoms with E-state index in [0.29, 0.717) is 0 Å². The number of esters is 1. The first-order valence-corrected chi connectivity index (χ1v) is 4.48. The van der Waals surface area contributed by atoms with Crippen LogP contribution in [-0.2, 0) is 4.74 Å². The van der Waals surface area contributed by atoms with Crippen LogP contribution < -0.4 is 5.11 Å². The van der Waals surface area contributed by atoms with Crippen molar-refractivity contribution in [2.75, 3.05) is 6.61 Å². The first-order chi connectivity index (χ1) is 7.06. The molecule has 0 spiro atoms. The van der Waals surface area contributed by atoms with Crippen LogP contribution >= 0.6 is 11.6 Å². The molecule has 15 heavy (non-hydrogen) atoms. The number of hydrogen-bond donors (Lipinski definition) is 0. The Bertz CT molecular complexity index is 405. The minimum Gasteiger partial charge on any atom is -0.545 e. The third-order valence-corrected chi connectivity index (χ3v) is 1.83. The number of aromatic nitrogens is 1. The summed E-state index contributed by atoms with van der Waals surface area (Å²) in [6, 6.07) is 1.09. The lowest BCUT2D eigenvalue weighted by Gasteiger charge is -2.05. The van der Waals surface area contributed by atoms with E-state index in [1.165, 1.54) is 0 Å². The molecule has 0 aliphatic carbocycles. The Morgan fingerprint density at radius 3 is 2.73 bits per heavy atom. The number of nitrogens with zero attached hydrogens (tertiary/aromatic N) is 1. The van der Waals surface area contributed by atoms with Crippen molar-refractivity contribution in [2.24, 2.45) is 0 Å². The topological polar surface area (TPSA) is 79.3 Å². The summed E-state index contributed by atoms with van der Waals surface area (Å²) in [6.07, 6.45) is 0.994. The van der Waals surface area contributed by atoms with Gasteiger partial charge in [0.25, 0.3) is 0 Å². The summed E-state index contributed by atoms with van der Waals surface area (Å²) < 4.78 is 4.66. The summed E-state index contributed by atoms with van der Waals surface area (Å²) in [4.78, 5) is 25.2. The quantitative estimate of drug-likeness (QED) is 0.694. The highest BCUT2D eigenvalue weighted by molar-refractivity contribution is 6.33. The molecule has 0 aromatic carbocycles. The number of carbonyl (C=O) groups excluding carboxylic acids is 2. The van der Waals surface area contributed by atoms with E-state index in [-0.39, 0.29) is 22.9 Å². The van der Waals surface area contributed by atoms with Gasteiger partial charge in [0.1, 0.15) is 0 Å². The second kappa shape index (κ2) is 4.75. The van der Waals surface area contributed by atoms with E-state index >= 15 is 0 Å². The van der Waals surface area contributed by atoms with Crippen molar-refractivity contribution in [1.29, 1.82) is 0 Å². The van der Waals surface area contributed by atoms with Gasteiger partial charge in [0.15, 0.2) is 5.69 Å². The Morgan fingerprint density at radius 1 is 1.60 bits per heavy atom. The largest absolute Gasteiger partial charge is 0.545 e. The second-order valence-electron chi connectivity index (χ2n) is 2.56. The maximum atomic E-state index is 11.2. The molecule has 0 saturated carbocycles. The van der Waals surface area contributed by atoms with Crippen LogP contribution in [0, 0.1) is 0 Å². The summed E-state index contributed by atoms with van der Waals surface area (Å²) in [6.45, 7) is 1.83. The molecule has 0 aliphatic rings. The molecule has 0 radical (unpaired) electrons. The minimum absolute atomic E-state index is 0.0739. The van der Waals surface area contributed by atoms with Crippen molar-refractivity contribution in [3.63, 3.8) is 0 Å². The monoisotopic (exact) mass is 228 g/mol. The summed E-state index contributed by atoms with van der Waals surface area (Å²) in [5, 5.41) is 10.4. The number of halogens is 1. The minimum atomic E-state index is -1.40. The zero-order valence-electron chi connectivity index (χ0n) is 7.82. The Hall–Kier alpha value is -1.62. The molecule has 0 atom stereocenters. The van der Waals surface area contributed by atoms with E-state index in [1.54, 1.807) is 6.92 Å². The fourth-order valence-electron chi connectivity index (χ4n) is 0.899. The van der Waals surface area contributed by atoms with Gasteiger partial charge in [-0.15, -0.1) is 0 Å². The summed E-state index contributed by atoms with van der Waals surface area (Å²) in [5.41, 5.74) is -0.295. The second-order valence-corrected chi connectivity index (χ2v) is 2.97. The highest BCUT2D eigenvalue weighted by atomic mass is 35.5. The third-order valence-electron chi connectivity index (χ3n) is 1.55. The summed E-state index contributed by atoms with van der Waals surface area (Å²) in [7, 11) is 0. The Kier molecular flexibility index (Phi) is 3.62. The van der Waals surface area contributed by atoms with Gasteiger partial charge in [-0.1, -0.05) is 11.6 Å². The number of carboxylic acid groups (broad SMARTS) is 1. The average molecular weight is 229 g/mol. The number of aromatic carboxylic acids is 1. The maximum Gasteiger partial charge on any atom is 0.358 e. The maximum absolute atomic E-state index is 11.2. The van der Waals surface area contributed by atoms with Crippen molar-refractivity contribution in [3.8, 4) is 0 Å². The normalized spacial score (nSPS) is 9.73. The molecule has 6 heteroatoms. The van der Waals surface area contributed by atoms with Crippen molar-refractivity contribution in [3.05, 3.63) is 28.5 Å². The zero-order chi connectivity index (χ0) is 11.4. The molecule has 1 rings (SSSR count). The van der Waals surface area contributed by atoms with E-state index in [1.807, 2.05) is 0 Å². The van der Waals surface area contributed by atoms with E-state index in [2.05, 4.69) is 9.72 Å². The van der Waals surface area contributed by atoms with Crippen LogP contribution in [0.25, 0.3) is 0 Å². The first-order valence-electron chi connectivity index (χ1n) is 4.10. The molecule has 5 nitrogen and oxygen atoms in total. The average Bonchev–Trinajstić information content (AvgIpc) is 2.17. The van der Waals surface area contributed by atoms with Gasteiger partial charge in [-0.05, 0) is 13.0 Å². The van der Waals surface area contributed by atoms with Crippen molar-refractivity contribution < 1.29 is 19.4 Å². The molecule has 0 amide bonds. The number of pyridine rings is 1. The van der Waals surface area contributed by atoms with Crippen molar-refractivity contribution in [1.82, 2.24) is 4.98 Å². The molecule has 0 N–H and O–H groups in total. The van der Waals surface area contributed by atoms with E-state index in [0.717, 1.165) is 12.3 Å². The zero-order valence-corrected chi connectivity index (χ0v) is 8.58. The predicted octanol–water partition coefficient (Wildman–Crippen LogP) is 0.275. The molecule has 1 aromatic rings. The Balaban J connectivity index is 3.03. The van der Waals surface area contributed by atoms with Crippen LogP contribution in [-0.4, -0.2) is 23.5 Å². The third kappa shape index (κ3) is 2.66. The van der Waals surface area contributed by atoms with E-state index in [9.17, 15) is 14.7 Å². The molecule has 0 saturated heterocycles. The molecule has 0 aliphatic heterocycles. The lowest BCUT2D eigenvalue weighted by Crippen LogP contribution is -2.22. The SMILES string of the molecule is CCOC(=O)c1ncc(C(=O)[O-])cc1Cl. The van der Waals surface area contributed by atoms with Crippen LogP contribution in [0.4, 0.5) is 0 Å². The van der Waals surface area contributed by atoms with Gasteiger partial charge >= 0.3 is 5.97 Å². The van der Waals surface area contributed by atoms with Gasteiger partial charge in [-0.3, -0.25) is 0 Å². The highest BCUT2D eigenvalue weighted by Crippen LogP contribution is 2.15. The number of ether oxygens (including phenoxy) is 1. The molecule has 0 bridgehead atoms. The van der Waals surface area contributed by atoms with Gasteiger partial charge in [0.05, 0.1) is 17.6 Å². The number of hydrogen-bond acceptors (Lipinski definition) is 5. The fraction of sp³-hybridized carbons (Fsp3) is 0.222. The molecule has 0 fully saturated rings. The van der Waals surface area contributed by atoms with Crippen LogP contribution in [0.3, 0.4) is 0 Å². The number of rotatable bonds is 3. The van der Waals surface area contributed by atoms with Crippen LogP contribution in [0.2, 0.25) is 5.02 Å². The lowest BCUT2D eigenvalue weighted by molar-refractivity contribution is -0.255. The predicted molar refractivity (Wildman–Crippen MR) is 49.5 cm³/mol. The lowest BCUT2D eigenvalue weighted by atomic mass is 10.2. The van der Waals surface area contributed by atoms with Crippen molar-refractivity contribution >= 4 is 23.5 Å². The van der Waals surface area contributed by atoms with Gasteiger partial charge < -0.3 is 14.6 Å². The number of carboxylic acids is 1. The molecule has 80 valence electrons. The Labute approximate surface area is 90.6 Å². The van der Waals surface area contributed by atoms with E-state index in [4.69, 9.17) is 11.6 Å². The standard InChI is InChI=1S/C9H8ClNO4/c1-2-15-9(14)7-6(10)3-5(4-11-7)8(12)13/h3-4H,2H2,1H3,(H,12,13)/p-1. The smallest absolute Gasteiger partial charge is 0.358 e. The molecule has 1 aromatic heterocycles. The van der Waals surface area contributed by atoms with Gasteiger partial charge in [0.2, 0.25) is 0 Å². The van der Waals surface area contributed by atoms with E-state index < -0.39 is 11.9 Å². The van der Waals surface area contributed by atoms with Gasteiger partial charge in [0, 0.05) is 11.8 Å². The Morgan fingerprint density at radius 2 is 2.27 bits per heavy atom. The summed E-state index contributed by atoms with van der Waals surface area (Å²) >= 11 is 5.65. The van der Waals surface area contributed by atoms with Gasteiger partial charge in [-0.2, -0.15) is 0 Å². The number of carbonyl (C=O) groups is 2. The molecular formula is C9H7ClNO4-. The fourth-order valence-corrected chi connectivity index (χ4v) is 1.14. The van der Waals surface area contributed by atoms with Gasteiger partial charge in [-0.25, -0.2) is 9.78 Å². The van der Waals surface area contributed by atoms with Crippen LogP contribution in [0.1, 0.15) is 27.8 Å². The highest BCUT2D eigenvalue weighted by Gasteiger charge is 2.13. The first kappa shape index (κ1) is 11.5. The molecule has 1 heterocycles. The summed E-state index contributed by atoms with van der Waals surface area (Å²) in [5.74, 6) is -2.09.